The van der Waals surface area contributed by atoms with Gasteiger partial charge in [0.2, 0.25) is 5.95 Å². The lowest BCUT2D eigenvalue weighted by molar-refractivity contribution is 0.266. The third-order valence-corrected chi connectivity index (χ3v) is 6.45. The number of anilines is 2. The Morgan fingerprint density at radius 3 is 2.68 bits per heavy atom. The Bertz CT molecular complexity index is 1380. The van der Waals surface area contributed by atoms with Crippen LogP contribution in [0.3, 0.4) is 0 Å². The summed E-state index contributed by atoms with van der Waals surface area (Å²) in [6, 6.07) is 9.02. The fraction of sp³-hybridized carbons (Fsp3) is 0.346. The predicted molar refractivity (Wildman–Crippen MR) is 130 cm³/mol. The molecule has 4 aromatic rings. The number of nitrogens with zero attached hydrogens (tertiary/aromatic N) is 5. The molecule has 3 aromatic heterocycles. The predicted octanol–water partition coefficient (Wildman–Crippen LogP) is 5.78. The highest BCUT2D eigenvalue weighted by Gasteiger charge is 2.19. The number of aryl methyl sites for hydroxylation is 1. The second-order valence-corrected chi connectivity index (χ2v) is 9.08. The lowest BCUT2D eigenvalue weighted by Gasteiger charge is -2.27. The summed E-state index contributed by atoms with van der Waals surface area (Å²) in [5.41, 5.74) is 4.34. The number of rotatable bonds is 5. The fourth-order valence-electron chi connectivity index (χ4n) is 4.79. The third-order valence-electron chi connectivity index (χ3n) is 6.45. The van der Waals surface area contributed by atoms with Crippen molar-refractivity contribution < 1.29 is 8.78 Å². The standard InChI is InChI=1S/C26H28F2N6/c1-5-33-9-8-22-17(14-33)6-7-24(30-22)31-26-29-13-21(28)25(32-26)18-11-20(27)19-10-16(4)34(15(2)3)23(19)12-18/h6-7,10-13,15H,5,8-9,14H2,1-4H3,(H,29,30,31,32). The SMILES string of the molecule is CCN1CCc2nc(Nc3ncc(F)c(-c4cc(F)c5cc(C)n(C(C)C)c5c4)n3)ccc2C1. The van der Waals surface area contributed by atoms with Gasteiger partial charge in [0.25, 0.3) is 0 Å². The quantitative estimate of drug-likeness (QED) is 0.407. The van der Waals surface area contributed by atoms with E-state index in [1.165, 1.54) is 11.6 Å². The molecule has 0 amide bonds. The van der Waals surface area contributed by atoms with Crippen molar-refractivity contribution in [2.45, 2.75) is 46.7 Å². The zero-order valence-corrected chi connectivity index (χ0v) is 19.9. The number of aromatic nitrogens is 4. The first-order valence-electron chi connectivity index (χ1n) is 11.7. The van der Waals surface area contributed by atoms with Crippen molar-refractivity contribution in [3.63, 3.8) is 0 Å². The minimum absolute atomic E-state index is 0.0454. The van der Waals surface area contributed by atoms with E-state index in [4.69, 9.17) is 4.98 Å². The molecule has 176 valence electrons. The van der Waals surface area contributed by atoms with Crippen molar-refractivity contribution in [3.8, 4) is 11.3 Å². The minimum atomic E-state index is -0.610. The summed E-state index contributed by atoms with van der Waals surface area (Å²) >= 11 is 0. The van der Waals surface area contributed by atoms with Crippen molar-refractivity contribution in [3.05, 3.63) is 65.1 Å². The Labute approximate surface area is 197 Å². The summed E-state index contributed by atoms with van der Waals surface area (Å²) in [4.78, 5) is 15.6. The third kappa shape index (κ3) is 4.03. The number of hydrogen-bond donors (Lipinski definition) is 1. The van der Waals surface area contributed by atoms with Crippen molar-refractivity contribution in [2.24, 2.45) is 0 Å². The molecule has 0 atom stereocenters. The maximum Gasteiger partial charge on any atom is 0.229 e. The molecule has 0 bridgehead atoms. The molecule has 1 aliphatic rings. The van der Waals surface area contributed by atoms with E-state index in [0.29, 0.717) is 22.3 Å². The van der Waals surface area contributed by atoms with Crippen molar-refractivity contribution >= 4 is 22.7 Å². The van der Waals surface area contributed by atoms with E-state index < -0.39 is 11.6 Å². The Hall–Kier alpha value is -3.39. The van der Waals surface area contributed by atoms with Crippen molar-refractivity contribution in [2.75, 3.05) is 18.4 Å². The molecule has 6 nitrogen and oxygen atoms in total. The van der Waals surface area contributed by atoms with E-state index in [9.17, 15) is 8.78 Å². The number of fused-ring (bicyclic) bond motifs is 2. The van der Waals surface area contributed by atoms with Gasteiger partial charge in [-0.25, -0.2) is 23.7 Å². The molecule has 0 spiro atoms. The van der Waals surface area contributed by atoms with E-state index in [-0.39, 0.29) is 17.7 Å². The van der Waals surface area contributed by atoms with Crippen LogP contribution < -0.4 is 5.32 Å². The van der Waals surface area contributed by atoms with Crippen molar-refractivity contribution in [1.82, 2.24) is 24.4 Å². The number of pyridine rings is 1. The summed E-state index contributed by atoms with van der Waals surface area (Å²) < 4.78 is 31.8. The van der Waals surface area contributed by atoms with Gasteiger partial charge in [-0.05, 0) is 57.1 Å². The summed E-state index contributed by atoms with van der Waals surface area (Å²) in [7, 11) is 0. The molecule has 1 aliphatic heterocycles. The van der Waals surface area contributed by atoms with Crippen LogP contribution in [0.15, 0.2) is 36.5 Å². The number of benzene rings is 1. The summed E-state index contributed by atoms with van der Waals surface area (Å²) in [6.45, 7) is 11.1. The van der Waals surface area contributed by atoms with E-state index >= 15 is 0 Å². The molecular weight excluding hydrogens is 434 g/mol. The zero-order valence-electron chi connectivity index (χ0n) is 19.9. The molecule has 8 heteroatoms. The van der Waals surface area contributed by atoms with Gasteiger partial charge in [-0.15, -0.1) is 0 Å². The first-order chi connectivity index (χ1) is 16.3. The Morgan fingerprint density at radius 1 is 1.09 bits per heavy atom. The van der Waals surface area contributed by atoms with Gasteiger partial charge in [-0.2, -0.15) is 0 Å². The first-order valence-corrected chi connectivity index (χ1v) is 11.7. The van der Waals surface area contributed by atoms with Gasteiger partial charge in [-0.1, -0.05) is 13.0 Å². The lowest BCUT2D eigenvalue weighted by atomic mass is 10.1. The van der Waals surface area contributed by atoms with Gasteiger partial charge in [0.15, 0.2) is 5.82 Å². The van der Waals surface area contributed by atoms with Gasteiger partial charge >= 0.3 is 0 Å². The average molecular weight is 463 g/mol. The molecule has 1 N–H and O–H groups in total. The first kappa shape index (κ1) is 22.4. The highest BCUT2D eigenvalue weighted by Crippen LogP contribution is 2.32. The maximum atomic E-state index is 15.0. The van der Waals surface area contributed by atoms with Crippen LogP contribution in [0.1, 0.15) is 43.8 Å². The number of halogens is 2. The normalized spacial score (nSPS) is 14.1. The molecule has 0 unspecified atom stereocenters. The van der Waals surface area contributed by atoms with Crippen LogP contribution in [-0.4, -0.2) is 37.5 Å². The minimum Gasteiger partial charge on any atom is -0.342 e. The molecule has 0 fully saturated rings. The van der Waals surface area contributed by atoms with E-state index in [0.717, 1.165) is 43.6 Å². The summed E-state index contributed by atoms with van der Waals surface area (Å²) in [5, 5.41) is 3.61. The Kier molecular flexibility index (Phi) is 5.77. The van der Waals surface area contributed by atoms with Gasteiger partial charge < -0.3 is 9.88 Å². The fourth-order valence-corrected chi connectivity index (χ4v) is 4.79. The van der Waals surface area contributed by atoms with Crippen LogP contribution in [0, 0.1) is 18.6 Å². The van der Waals surface area contributed by atoms with Crippen LogP contribution in [0.25, 0.3) is 22.2 Å². The summed E-state index contributed by atoms with van der Waals surface area (Å²) in [6.07, 6.45) is 1.99. The smallest absolute Gasteiger partial charge is 0.229 e. The maximum absolute atomic E-state index is 15.0. The molecule has 0 saturated heterocycles. The Morgan fingerprint density at radius 2 is 1.91 bits per heavy atom. The molecular formula is C26H28F2N6. The van der Waals surface area contributed by atoms with Gasteiger partial charge in [-0.3, -0.25) is 4.90 Å². The molecule has 0 radical (unpaired) electrons. The second kappa shape index (κ2) is 8.76. The number of hydrogen-bond acceptors (Lipinski definition) is 5. The van der Waals surface area contributed by atoms with Gasteiger partial charge in [0.05, 0.1) is 11.7 Å². The lowest BCUT2D eigenvalue weighted by Crippen LogP contribution is -2.30. The van der Waals surface area contributed by atoms with Crippen LogP contribution in [0.2, 0.25) is 0 Å². The summed E-state index contributed by atoms with van der Waals surface area (Å²) in [5.74, 6) is -0.195. The number of nitrogens with one attached hydrogen (secondary N) is 1. The second-order valence-electron chi connectivity index (χ2n) is 9.08. The molecule has 0 saturated carbocycles. The average Bonchev–Trinajstić information content (AvgIpc) is 3.16. The van der Waals surface area contributed by atoms with Crippen LogP contribution in [-0.2, 0) is 13.0 Å². The van der Waals surface area contributed by atoms with Gasteiger partial charge in [0.1, 0.15) is 17.3 Å². The molecule has 5 rings (SSSR count). The zero-order chi connectivity index (χ0) is 24.0. The van der Waals surface area contributed by atoms with E-state index in [2.05, 4.69) is 33.2 Å². The largest absolute Gasteiger partial charge is 0.342 e. The van der Waals surface area contributed by atoms with Crippen LogP contribution in [0.5, 0.6) is 0 Å². The van der Waals surface area contributed by atoms with Gasteiger partial charge in [0, 0.05) is 47.9 Å². The van der Waals surface area contributed by atoms with E-state index in [1.54, 1.807) is 6.07 Å². The monoisotopic (exact) mass is 462 g/mol. The highest BCUT2D eigenvalue weighted by atomic mass is 19.1. The van der Waals surface area contributed by atoms with Crippen LogP contribution in [0.4, 0.5) is 20.5 Å². The van der Waals surface area contributed by atoms with E-state index in [1.807, 2.05) is 37.5 Å². The van der Waals surface area contributed by atoms with Crippen molar-refractivity contribution in [1.29, 1.82) is 0 Å². The topological polar surface area (TPSA) is 58.9 Å². The number of likely N-dealkylation sites (N-methyl/N-ethyl adjacent to an activating group) is 1. The molecule has 34 heavy (non-hydrogen) atoms. The Balaban J connectivity index is 1.49. The highest BCUT2D eigenvalue weighted by molar-refractivity contribution is 5.87. The molecule has 1 aromatic carbocycles. The molecule has 0 aliphatic carbocycles. The molecule has 4 heterocycles. The van der Waals surface area contributed by atoms with Crippen LogP contribution >= 0.6 is 0 Å².